The van der Waals surface area contributed by atoms with Gasteiger partial charge in [-0.1, -0.05) is 6.92 Å². The highest BCUT2D eigenvalue weighted by Gasteiger charge is 2.23. The Morgan fingerprint density at radius 2 is 2.25 bits per heavy atom. The molecule has 0 bridgehead atoms. The van der Waals surface area contributed by atoms with Gasteiger partial charge in [0.15, 0.2) is 5.11 Å². The number of hydrogen-bond donors (Lipinski definition) is 1. The Morgan fingerprint density at radius 3 is 2.67 bits per heavy atom. The lowest BCUT2D eigenvalue weighted by atomic mass is 10.2. The van der Waals surface area contributed by atoms with E-state index in [-0.39, 0.29) is 0 Å². The summed E-state index contributed by atoms with van der Waals surface area (Å²) in [5, 5.41) is 4.24. The predicted molar refractivity (Wildman–Crippen MR) is 56.3 cm³/mol. The van der Waals surface area contributed by atoms with E-state index in [1.54, 1.807) is 0 Å². The Labute approximate surface area is 80.3 Å². The summed E-state index contributed by atoms with van der Waals surface area (Å²) in [6, 6.07) is 1.22. The monoisotopic (exact) mass is 186 g/mol. The van der Waals surface area contributed by atoms with E-state index in [1.165, 1.54) is 12.8 Å². The van der Waals surface area contributed by atoms with Gasteiger partial charge < -0.3 is 10.2 Å². The quantitative estimate of drug-likeness (QED) is 0.676. The van der Waals surface area contributed by atoms with E-state index in [1.807, 2.05) is 0 Å². The molecule has 1 unspecified atom stereocenters. The van der Waals surface area contributed by atoms with Gasteiger partial charge in [-0.2, -0.15) is 0 Å². The van der Waals surface area contributed by atoms with E-state index in [4.69, 9.17) is 12.2 Å². The fraction of sp³-hybridized carbons (Fsp3) is 0.889. The molecule has 1 fully saturated rings. The molecular formula is C9H18N2S. The highest BCUT2D eigenvalue weighted by atomic mass is 32.1. The Kier molecular flexibility index (Phi) is 3.32. The van der Waals surface area contributed by atoms with Crippen LogP contribution in [-0.2, 0) is 0 Å². The summed E-state index contributed by atoms with van der Waals surface area (Å²) in [5.41, 5.74) is 0. The molecule has 0 saturated heterocycles. The van der Waals surface area contributed by atoms with Gasteiger partial charge in [-0.15, -0.1) is 0 Å². The molecule has 70 valence electrons. The summed E-state index contributed by atoms with van der Waals surface area (Å²) in [6.07, 6.45) is 3.71. The van der Waals surface area contributed by atoms with Crippen molar-refractivity contribution in [3.63, 3.8) is 0 Å². The van der Waals surface area contributed by atoms with Gasteiger partial charge in [0.05, 0.1) is 0 Å². The maximum absolute atomic E-state index is 5.25. The summed E-state index contributed by atoms with van der Waals surface area (Å²) < 4.78 is 0. The smallest absolute Gasteiger partial charge is 0.169 e. The minimum atomic E-state index is 0.545. The average molecular weight is 186 g/mol. The Balaban J connectivity index is 2.28. The van der Waals surface area contributed by atoms with Gasteiger partial charge in [-0.3, -0.25) is 0 Å². The maximum atomic E-state index is 5.25. The van der Waals surface area contributed by atoms with E-state index < -0.39 is 0 Å². The summed E-state index contributed by atoms with van der Waals surface area (Å²) in [7, 11) is 2.06. The normalized spacial score (nSPS) is 18.6. The maximum Gasteiger partial charge on any atom is 0.169 e. The first-order valence-corrected chi connectivity index (χ1v) is 5.09. The van der Waals surface area contributed by atoms with Gasteiger partial charge in [0.25, 0.3) is 0 Å². The zero-order valence-corrected chi connectivity index (χ0v) is 8.95. The van der Waals surface area contributed by atoms with Gasteiger partial charge in [-0.25, -0.2) is 0 Å². The Morgan fingerprint density at radius 1 is 1.67 bits per heavy atom. The van der Waals surface area contributed by atoms with Crippen LogP contribution in [0, 0.1) is 0 Å². The molecule has 0 radical (unpaired) electrons. The molecule has 0 spiro atoms. The zero-order chi connectivity index (χ0) is 9.14. The minimum absolute atomic E-state index is 0.545. The van der Waals surface area contributed by atoms with Crippen molar-refractivity contribution in [3.05, 3.63) is 0 Å². The second-order valence-electron chi connectivity index (χ2n) is 3.59. The number of nitrogens with one attached hydrogen (secondary N) is 1. The highest BCUT2D eigenvalue weighted by molar-refractivity contribution is 7.80. The van der Waals surface area contributed by atoms with Crippen LogP contribution >= 0.6 is 12.2 Å². The first-order valence-electron chi connectivity index (χ1n) is 4.68. The molecule has 1 saturated carbocycles. The summed E-state index contributed by atoms with van der Waals surface area (Å²) >= 11 is 5.25. The van der Waals surface area contributed by atoms with Gasteiger partial charge in [0.1, 0.15) is 0 Å². The van der Waals surface area contributed by atoms with Crippen molar-refractivity contribution in [2.75, 3.05) is 7.05 Å². The number of thiocarbonyl (C=S) groups is 1. The van der Waals surface area contributed by atoms with Crippen LogP contribution in [0.2, 0.25) is 0 Å². The van der Waals surface area contributed by atoms with E-state index in [0.717, 1.165) is 11.5 Å². The van der Waals surface area contributed by atoms with E-state index in [2.05, 4.69) is 31.1 Å². The molecule has 1 aliphatic rings. The molecule has 0 amide bonds. The lowest BCUT2D eigenvalue weighted by Gasteiger charge is -2.26. The van der Waals surface area contributed by atoms with Crippen LogP contribution < -0.4 is 5.32 Å². The van der Waals surface area contributed by atoms with Crippen molar-refractivity contribution in [2.45, 2.75) is 45.2 Å². The molecule has 1 aliphatic carbocycles. The SMILES string of the molecule is CCC(C)N(C)C(=S)NC1CC1. The molecule has 12 heavy (non-hydrogen) atoms. The van der Waals surface area contributed by atoms with Gasteiger partial charge in [0.2, 0.25) is 0 Å². The minimum Gasteiger partial charge on any atom is -0.360 e. The molecule has 0 aromatic heterocycles. The molecule has 0 heterocycles. The van der Waals surface area contributed by atoms with Crippen molar-refractivity contribution >= 4 is 17.3 Å². The first kappa shape index (κ1) is 9.78. The molecule has 0 aromatic rings. The van der Waals surface area contributed by atoms with Gasteiger partial charge >= 0.3 is 0 Å². The number of hydrogen-bond acceptors (Lipinski definition) is 1. The second kappa shape index (κ2) is 4.08. The molecule has 0 aromatic carbocycles. The van der Waals surface area contributed by atoms with Crippen LogP contribution in [0.25, 0.3) is 0 Å². The lowest BCUT2D eigenvalue weighted by molar-refractivity contribution is 0.375. The fourth-order valence-corrected chi connectivity index (χ4v) is 1.32. The van der Waals surface area contributed by atoms with Crippen LogP contribution in [0.5, 0.6) is 0 Å². The first-order chi connectivity index (χ1) is 5.65. The average Bonchev–Trinajstić information content (AvgIpc) is 2.85. The van der Waals surface area contributed by atoms with Crippen LogP contribution in [0.15, 0.2) is 0 Å². The van der Waals surface area contributed by atoms with Crippen molar-refractivity contribution in [3.8, 4) is 0 Å². The fourth-order valence-electron chi connectivity index (χ4n) is 0.978. The highest BCUT2D eigenvalue weighted by Crippen LogP contribution is 2.19. The number of rotatable bonds is 3. The molecule has 3 heteroatoms. The standard InChI is InChI=1S/C9H18N2S/c1-4-7(2)11(3)9(12)10-8-5-6-8/h7-8H,4-6H2,1-3H3,(H,10,12). The van der Waals surface area contributed by atoms with E-state index in [0.29, 0.717) is 12.1 Å². The summed E-state index contributed by atoms with van der Waals surface area (Å²) in [5.74, 6) is 0. The van der Waals surface area contributed by atoms with Crippen LogP contribution in [-0.4, -0.2) is 29.1 Å². The van der Waals surface area contributed by atoms with Gasteiger partial charge in [0, 0.05) is 19.1 Å². The third kappa shape index (κ3) is 2.63. The van der Waals surface area contributed by atoms with Crippen LogP contribution in [0.4, 0.5) is 0 Å². The summed E-state index contributed by atoms with van der Waals surface area (Å²) in [4.78, 5) is 2.15. The van der Waals surface area contributed by atoms with Crippen LogP contribution in [0.1, 0.15) is 33.1 Å². The van der Waals surface area contributed by atoms with E-state index in [9.17, 15) is 0 Å². The van der Waals surface area contributed by atoms with Crippen molar-refractivity contribution in [2.24, 2.45) is 0 Å². The third-order valence-electron chi connectivity index (χ3n) is 2.48. The van der Waals surface area contributed by atoms with Gasteiger partial charge in [-0.05, 0) is 38.4 Å². The predicted octanol–water partition coefficient (Wildman–Crippen LogP) is 1.75. The molecule has 1 atom stereocenters. The summed E-state index contributed by atoms with van der Waals surface area (Å²) in [6.45, 7) is 4.38. The molecule has 2 nitrogen and oxygen atoms in total. The third-order valence-corrected chi connectivity index (χ3v) is 2.88. The topological polar surface area (TPSA) is 15.3 Å². The molecule has 0 aliphatic heterocycles. The lowest BCUT2D eigenvalue weighted by Crippen LogP contribution is -2.42. The van der Waals surface area contributed by atoms with Crippen molar-refractivity contribution in [1.29, 1.82) is 0 Å². The Bertz CT molecular complexity index is 166. The zero-order valence-electron chi connectivity index (χ0n) is 8.13. The Hall–Kier alpha value is -0.310. The second-order valence-corrected chi connectivity index (χ2v) is 3.98. The molecule has 1 N–H and O–H groups in total. The van der Waals surface area contributed by atoms with Crippen molar-refractivity contribution < 1.29 is 0 Å². The molecular weight excluding hydrogens is 168 g/mol. The largest absolute Gasteiger partial charge is 0.360 e. The van der Waals surface area contributed by atoms with Crippen molar-refractivity contribution in [1.82, 2.24) is 10.2 Å². The van der Waals surface area contributed by atoms with Crippen LogP contribution in [0.3, 0.4) is 0 Å². The van der Waals surface area contributed by atoms with E-state index >= 15 is 0 Å². The number of nitrogens with zero attached hydrogens (tertiary/aromatic N) is 1. The molecule has 1 rings (SSSR count).